The summed E-state index contributed by atoms with van der Waals surface area (Å²) in [5.74, 6) is 0. The fourth-order valence-electron chi connectivity index (χ4n) is 4.52. The Kier molecular flexibility index (Phi) is 14.0. The van der Waals surface area contributed by atoms with Crippen molar-refractivity contribution in [2.75, 3.05) is 32.4 Å². The Labute approximate surface area is 274 Å². The number of rotatable bonds is 17. The van der Waals surface area contributed by atoms with Crippen molar-refractivity contribution in [3.05, 3.63) is 12.2 Å². The topological polar surface area (TPSA) is 180 Å². The van der Waals surface area contributed by atoms with E-state index in [1.165, 1.54) is 12.2 Å². The lowest BCUT2D eigenvalue weighted by molar-refractivity contribution is -0.0541. The molecule has 1 rings (SSSR count). The van der Waals surface area contributed by atoms with Gasteiger partial charge < -0.3 is 0 Å². The van der Waals surface area contributed by atoms with Crippen LogP contribution in [0.25, 0.3) is 0 Å². The Hall–Kier alpha value is -1.25. The number of allylic oxidation sites excluding steroid dienone is 2. The Bertz CT molecular complexity index is 1660. The number of halogens is 12. The molecule has 1 aliphatic rings. The van der Waals surface area contributed by atoms with E-state index in [0.717, 1.165) is 0 Å². The van der Waals surface area contributed by atoms with Crippen LogP contribution in [0, 0.1) is 0 Å². The molecule has 0 amide bonds. The summed E-state index contributed by atoms with van der Waals surface area (Å²) in [6, 6.07) is -0.0102. The fourth-order valence-corrected chi connectivity index (χ4v) is 15.3. The summed E-state index contributed by atoms with van der Waals surface area (Å²) >= 11 is 0. The van der Waals surface area contributed by atoms with E-state index in [2.05, 4.69) is 0 Å². The van der Waals surface area contributed by atoms with E-state index in [1.807, 2.05) is 0 Å². The van der Waals surface area contributed by atoms with E-state index in [0.29, 0.717) is 10.6 Å². The molecule has 13 nitrogen and oxygen atoms in total. The first-order valence-corrected chi connectivity index (χ1v) is 23.3. The number of nitrogens with zero attached hydrogens (tertiary/aromatic N) is 3. The highest BCUT2D eigenvalue weighted by Gasteiger charge is 2.62. The van der Waals surface area contributed by atoms with Gasteiger partial charge in [0, 0.05) is 26.2 Å². The van der Waals surface area contributed by atoms with Gasteiger partial charge in [-0.3, -0.25) is 0 Å². The van der Waals surface area contributed by atoms with Crippen molar-refractivity contribution in [2.45, 2.75) is 65.5 Å². The van der Waals surface area contributed by atoms with Gasteiger partial charge in [0.1, 0.15) is 0 Å². The number of sulfonamides is 5. The van der Waals surface area contributed by atoms with Crippen LogP contribution in [0.15, 0.2) is 12.2 Å². The summed E-state index contributed by atoms with van der Waals surface area (Å²) in [6.45, 7) is -5.40. The molecule has 1 heterocycles. The van der Waals surface area contributed by atoms with E-state index in [4.69, 9.17) is 0 Å². The summed E-state index contributed by atoms with van der Waals surface area (Å²) in [5, 5.41) is 0. The molecular formula is C18H27F12N3O10S5Si. The fraction of sp³-hybridized carbons (Fsp3) is 0.889. The van der Waals surface area contributed by atoms with Gasteiger partial charge in [0.05, 0.1) is 14.3 Å². The third-order valence-corrected chi connectivity index (χ3v) is 20.8. The lowest BCUT2D eigenvalue weighted by atomic mass is 10.4. The van der Waals surface area contributed by atoms with Crippen molar-refractivity contribution in [3.63, 3.8) is 0 Å². The molecule has 0 aromatic rings. The van der Waals surface area contributed by atoms with Gasteiger partial charge in [-0.15, -0.1) is 0 Å². The second-order valence-corrected chi connectivity index (χ2v) is 25.1. The van der Waals surface area contributed by atoms with Crippen LogP contribution in [-0.4, -0.2) is 116 Å². The molecule has 0 fully saturated rings. The highest BCUT2D eigenvalue weighted by atomic mass is 32.3. The van der Waals surface area contributed by atoms with Gasteiger partial charge in [0.15, 0.2) is 0 Å². The summed E-state index contributed by atoms with van der Waals surface area (Å²) in [7, 11) is -35.7. The maximum absolute atomic E-state index is 13.0. The zero-order valence-electron chi connectivity index (χ0n) is 24.4. The Morgan fingerprint density at radius 1 is 0.490 bits per heavy atom. The molecule has 0 N–H and O–H groups in total. The first kappa shape index (κ1) is 45.8. The van der Waals surface area contributed by atoms with Gasteiger partial charge in [-0.25, -0.2) is 46.4 Å². The van der Waals surface area contributed by atoms with E-state index >= 15 is 0 Å². The average Bonchev–Trinajstić information content (AvgIpc) is 3.32. The van der Waals surface area contributed by atoms with Crippen LogP contribution < -0.4 is 0 Å². The van der Waals surface area contributed by atoms with Crippen LogP contribution in [0.4, 0.5) is 52.7 Å². The molecule has 0 saturated heterocycles. The lowest BCUT2D eigenvalue weighted by Crippen LogP contribution is -2.50. The van der Waals surface area contributed by atoms with Crippen molar-refractivity contribution in [2.24, 2.45) is 0 Å². The molecule has 0 unspecified atom stereocenters. The normalized spacial score (nSPS) is 17.5. The predicted molar refractivity (Wildman–Crippen MR) is 148 cm³/mol. The largest absolute Gasteiger partial charge is 0.512 e. The molecule has 0 aliphatic carbocycles. The second kappa shape index (κ2) is 15.0. The molecule has 31 heteroatoms. The zero-order valence-corrected chi connectivity index (χ0v) is 29.5. The molecule has 0 aromatic carbocycles. The molecule has 0 radical (unpaired) electrons. The minimum absolute atomic E-state index is 0.0267. The van der Waals surface area contributed by atoms with Gasteiger partial charge in [0.2, 0.25) is 10.0 Å². The Morgan fingerprint density at radius 2 is 0.755 bits per heavy atom. The standard InChI is InChI=1S/C18H27F12N3O10S5Si/c1-44(34,35)31(7-4-9-32(45(36,37)15(19,20)21)46(38,39)16(22,23)24)8-5-13-49(11-2-3-12-49)14-6-10-33(47(40,41)17(25,26)27)48(42,43)18(28,29)30/h2-3H,4-14H2,1H3. The van der Waals surface area contributed by atoms with Gasteiger partial charge in [-0.2, -0.15) is 52.7 Å². The van der Waals surface area contributed by atoms with E-state index in [1.54, 1.807) is 0 Å². The first-order valence-electron chi connectivity index (χ1n) is 12.9. The molecular weight excluding hydrogens is 835 g/mol. The minimum atomic E-state index is -7.15. The molecule has 0 aromatic heterocycles. The van der Waals surface area contributed by atoms with E-state index in [9.17, 15) is 94.8 Å². The van der Waals surface area contributed by atoms with Gasteiger partial charge in [-0.1, -0.05) is 31.7 Å². The SMILES string of the molecule is CS(=O)(=O)N(CCCN(S(=O)(=O)C(F)(F)F)S(=O)(=O)C(F)(F)F)CCC[Si]1(CCCN(S(=O)(=O)C(F)(F)F)S(=O)(=O)C(F)(F)F)CC=CC1. The van der Waals surface area contributed by atoms with E-state index in [-0.39, 0.29) is 30.6 Å². The summed E-state index contributed by atoms with van der Waals surface area (Å²) in [4.78, 5) is 0. The Morgan fingerprint density at radius 3 is 1.04 bits per heavy atom. The second-order valence-electron chi connectivity index (χ2n) is 10.4. The summed E-state index contributed by atoms with van der Waals surface area (Å²) in [5.41, 5.74) is -25.9. The molecule has 1 aliphatic heterocycles. The highest BCUT2D eigenvalue weighted by molar-refractivity contribution is 8.05. The van der Waals surface area contributed by atoms with E-state index < -0.39 is 127 Å². The summed E-state index contributed by atoms with van der Waals surface area (Å²) < 4.78 is 270. The third kappa shape index (κ3) is 10.7. The minimum Gasteiger partial charge on any atom is -0.213 e. The monoisotopic (exact) mass is 861 g/mol. The van der Waals surface area contributed by atoms with Gasteiger partial charge in [0.25, 0.3) is 0 Å². The molecule has 0 saturated carbocycles. The smallest absolute Gasteiger partial charge is 0.213 e. The molecule has 49 heavy (non-hydrogen) atoms. The highest BCUT2D eigenvalue weighted by Crippen LogP contribution is 2.39. The van der Waals surface area contributed by atoms with Crippen LogP contribution in [0.3, 0.4) is 0 Å². The summed E-state index contributed by atoms with van der Waals surface area (Å²) in [6.07, 6.45) is 1.30. The Balaban J connectivity index is 3.15. The lowest BCUT2D eigenvalue weighted by Gasteiger charge is -2.30. The van der Waals surface area contributed by atoms with Gasteiger partial charge in [-0.05, 0) is 31.4 Å². The maximum atomic E-state index is 13.0. The van der Waals surface area contributed by atoms with Crippen LogP contribution in [0.2, 0.25) is 24.2 Å². The molecule has 0 bridgehead atoms. The van der Waals surface area contributed by atoms with Crippen molar-refractivity contribution in [1.29, 1.82) is 0 Å². The number of alkyl halides is 12. The van der Waals surface area contributed by atoms with Crippen LogP contribution in [-0.2, 0) is 50.1 Å². The van der Waals surface area contributed by atoms with Crippen molar-refractivity contribution < 1.29 is 94.8 Å². The van der Waals surface area contributed by atoms with Crippen LogP contribution >= 0.6 is 0 Å². The van der Waals surface area contributed by atoms with Gasteiger partial charge >= 0.3 is 62.1 Å². The van der Waals surface area contributed by atoms with Crippen molar-refractivity contribution in [1.82, 2.24) is 11.7 Å². The van der Waals surface area contributed by atoms with Crippen LogP contribution in [0.5, 0.6) is 0 Å². The number of hydrogen-bond acceptors (Lipinski definition) is 10. The zero-order chi connectivity index (χ0) is 38.9. The quantitative estimate of drug-likeness (QED) is 0.120. The third-order valence-electron chi connectivity index (χ3n) is 6.89. The predicted octanol–water partition coefficient (Wildman–Crippen LogP) is 3.44. The molecule has 292 valence electrons. The maximum Gasteiger partial charge on any atom is 0.512 e. The molecule has 0 atom stereocenters. The first-order chi connectivity index (χ1) is 21.5. The van der Waals surface area contributed by atoms with Crippen molar-refractivity contribution in [3.8, 4) is 0 Å². The van der Waals surface area contributed by atoms with Crippen LogP contribution in [0.1, 0.15) is 19.3 Å². The number of hydrogen-bond donors (Lipinski definition) is 0. The van der Waals surface area contributed by atoms with Crippen molar-refractivity contribution >= 4 is 58.2 Å². The molecule has 0 spiro atoms. The average molecular weight is 862 g/mol.